The molecule has 202 valence electrons. The Hall–Kier alpha value is -0.740. The fourth-order valence-electron chi connectivity index (χ4n) is 2.94. The monoisotopic (exact) mass is 499 g/mol. The van der Waals surface area contributed by atoms with Gasteiger partial charge in [-0.25, -0.2) is 0 Å². The maximum Gasteiger partial charge on any atom is 0.397 e. The Balaban J connectivity index is -0.000000563. The Morgan fingerprint density at radius 3 is 1.27 bits per heavy atom. The van der Waals surface area contributed by atoms with E-state index in [0.717, 1.165) is 31.0 Å². The number of carboxylic acid groups (broad SMARTS) is 1. The molecule has 0 rings (SSSR count). The number of carbonyl (C=O) groups excluding carboxylic acids is 1. The quantitative estimate of drug-likeness (QED) is 0.156. The number of quaternary nitrogens is 1. The highest BCUT2D eigenvalue weighted by atomic mass is 32.3. The molecule has 33 heavy (non-hydrogen) atoms. The first-order valence-electron chi connectivity index (χ1n) is 12.5. The molecule has 0 spiro atoms. The zero-order valence-electron chi connectivity index (χ0n) is 22.0. The number of nitrogens with zero attached hydrogens (tertiary/aromatic N) is 1. The molecule has 0 aromatic rings. The lowest BCUT2D eigenvalue weighted by Gasteiger charge is -2.21. The molecule has 0 fully saturated rings. The summed E-state index contributed by atoms with van der Waals surface area (Å²) in [6.45, 7) is 3.38. The average molecular weight is 500 g/mol. The topological polar surface area (TPSA) is 124 Å². The fraction of sp³-hybridized carbons (Fsp3) is 0.958. The minimum atomic E-state index is -4.16. The number of unbranched alkanes of at least 4 members (excludes halogenated alkanes) is 14. The molecule has 0 aromatic heterocycles. The van der Waals surface area contributed by atoms with Crippen molar-refractivity contribution in [2.75, 3.05) is 41.4 Å². The first-order valence-corrected chi connectivity index (χ1v) is 13.9. The second-order valence-electron chi connectivity index (χ2n) is 9.40. The number of carbonyl (C=O) groups is 1. The van der Waals surface area contributed by atoms with Gasteiger partial charge in [-0.2, -0.15) is 8.42 Å². The van der Waals surface area contributed by atoms with Crippen LogP contribution in [0, 0.1) is 0 Å². The lowest BCUT2D eigenvalue weighted by Crippen LogP contribution is -2.36. The normalized spacial score (nSPS) is 11.2. The summed E-state index contributed by atoms with van der Waals surface area (Å²) in [5, 5.41) is 18.6. The second-order valence-corrected chi connectivity index (χ2v) is 10.6. The summed E-state index contributed by atoms with van der Waals surface area (Å²) in [7, 11) is 2.86. The van der Waals surface area contributed by atoms with E-state index in [4.69, 9.17) is 9.66 Å². The summed E-state index contributed by atoms with van der Waals surface area (Å²) in [5.74, 6) is -0.903. The smallest absolute Gasteiger partial charge is 0.397 e. The molecule has 0 unspecified atom stereocenters. The molecule has 0 saturated carbocycles. The SMILES string of the molecule is CCCCCCCCCCCCCCCCCC(=O)[O-].COS(=O)(=O)O.C[N+](C)(C)CCO. The van der Waals surface area contributed by atoms with Crippen LogP contribution in [0.5, 0.6) is 0 Å². The average Bonchev–Trinajstić information content (AvgIpc) is 2.70. The lowest BCUT2D eigenvalue weighted by molar-refractivity contribution is -0.870. The number of aliphatic carboxylic acids is 1. The van der Waals surface area contributed by atoms with Crippen LogP contribution in [0.1, 0.15) is 110 Å². The number of hydrogen-bond acceptors (Lipinski definition) is 6. The number of likely N-dealkylation sites (N-methyl/N-ethyl adjacent to an activating group) is 1. The van der Waals surface area contributed by atoms with E-state index >= 15 is 0 Å². The van der Waals surface area contributed by atoms with Crippen LogP contribution in [0.3, 0.4) is 0 Å². The summed E-state index contributed by atoms with van der Waals surface area (Å²) in [4.78, 5) is 10.2. The van der Waals surface area contributed by atoms with Gasteiger partial charge in [0.05, 0.1) is 34.9 Å². The Morgan fingerprint density at radius 2 is 1.09 bits per heavy atom. The minimum absolute atomic E-state index is 0.234. The van der Waals surface area contributed by atoms with Crippen LogP contribution >= 0.6 is 0 Å². The largest absolute Gasteiger partial charge is 0.550 e. The molecule has 0 bridgehead atoms. The zero-order chi connectivity index (χ0) is 26.0. The highest BCUT2D eigenvalue weighted by Crippen LogP contribution is 2.13. The lowest BCUT2D eigenvalue weighted by atomic mass is 10.0. The van der Waals surface area contributed by atoms with Gasteiger partial charge in [-0.1, -0.05) is 96.8 Å². The third-order valence-electron chi connectivity index (χ3n) is 4.97. The zero-order valence-corrected chi connectivity index (χ0v) is 22.8. The molecular formula is C24H53NO7S. The van der Waals surface area contributed by atoms with Crippen molar-refractivity contribution >= 4 is 16.4 Å². The number of hydrogen-bond donors (Lipinski definition) is 2. The van der Waals surface area contributed by atoms with Gasteiger partial charge in [-0.05, 0) is 12.8 Å². The molecule has 2 N–H and O–H groups in total. The highest BCUT2D eigenvalue weighted by molar-refractivity contribution is 7.80. The van der Waals surface area contributed by atoms with Gasteiger partial charge < -0.3 is 19.5 Å². The summed E-state index contributed by atoms with van der Waals surface area (Å²) < 4.78 is 30.6. The van der Waals surface area contributed by atoms with Crippen LogP contribution < -0.4 is 5.11 Å². The number of carboxylic acids is 1. The van der Waals surface area contributed by atoms with Crippen LogP contribution in [0.15, 0.2) is 0 Å². The summed E-state index contributed by atoms with van der Waals surface area (Å²) >= 11 is 0. The van der Waals surface area contributed by atoms with E-state index in [-0.39, 0.29) is 13.0 Å². The molecule has 0 radical (unpaired) electrons. The number of aliphatic hydroxyl groups is 1. The van der Waals surface area contributed by atoms with Crippen LogP contribution in [-0.4, -0.2) is 69.9 Å². The predicted octanol–water partition coefficient (Wildman–Crippen LogP) is 4.12. The van der Waals surface area contributed by atoms with Crippen molar-refractivity contribution in [3.8, 4) is 0 Å². The van der Waals surface area contributed by atoms with Crippen molar-refractivity contribution in [1.29, 1.82) is 0 Å². The van der Waals surface area contributed by atoms with E-state index in [9.17, 15) is 18.3 Å². The second kappa shape index (κ2) is 25.9. The number of rotatable bonds is 19. The van der Waals surface area contributed by atoms with Crippen LogP contribution in [0.25, 0.3) is 0 Å². The molecule has 0 saturated heterocycles. The van der Waals surface area contributed by atoms with E-state index in [1.54, 1.807) is 0 Å². The third-order valence-corrected chi connectivity index (χ3v) is 5.39. The van der Waals surface area contributed by atoms with Gasteiger partial charge in [-0.15, -0.1) is 0 Å². The molecule has 9 heteroatoms. The summed E-state index contributed by atoms with van der Waals surface area (Å²) in [6.07, 6.45) is 19.9. The molecule has 0 atom stereocenters. The van der Waals surface area contributed by atoms with Crippen molar-refractivity contribution < 1.29 is 36.6 Å². The molecule has 0 heterocycles. The summed E-state index contributed by atoms with van der Waals surface area (Å²) in [5.41, 5.74) is 0. The van der Waals surface area contributed by atoms with Crippen molar-refractivity contribution in [2.24, 2.45) is 0 Å². The standard InChI is InChI=1S/C18H36O2.C5H14NO.CH4O4S/c1-2-3-4-5-6-7-8-9-10-11-12-13-14-15-16-17-18(19)20;1-6(2,3)4-5-7;1-5-6(2,3)4/h2-17H2,1H3,(H,19,20);7H,4-5H2,1-3H3;1H3,(H,2,3,4)/q;+1;/p-1. The van der Waals surface area contributed by atoms with Gasteiger partial charge >= 0.3 is 10.4 Å². The first kappa shape index (κ1) is 36.8. The van der Waals surface area contributed by atoms with E-state index in [2.05, 4.69) is 32.2 Å². The van der Waals surface area contributed by atoms with Crippen molar-refractivity contribution in [2.45, 2.75) is 110 Å². The van der Waals surface area contributed by atoms with Crippen molar-refractivity contribution in [3.63, 3.8) is 0 Å². The van der Waals surface area contributed by atoms with Gasteiger partial charge in [0, 0.05) is 5.97 Å². The van der Waals surface area contributed by atoms with E-state index in [0.29, 0.717) is 0 Å². The maximum atomic E-state index is 10.2. The molecule has 0 amide bonds. The van der Waals surface area contributed by atoms with E-state index < -0.39 is 16.4 Å². The fourth-order valence-corrected chi connectivity index (χ4v) is 2.94. The van der Waals surface area contributed by atoms with Gasteiger partial charge in [0.25, 0.3) is 0 Å². The predicted molar refractivity (Wildman–Crippen MR) is 133 cm³/mol. The van der Waals surface area contributed by atoms with Crippen molar-refractivity contribution in [3.05, 3.63) is 0 Å². The third kappa shape index (κ3) is 49.5. The molecule has 0 aliphatic heterocycles. The van der Waals surface area contributed by atoms with Gasteiger partial charge in [0.15, 0.2) is 0 Å². The number of aliphatic hydroxyl groups excluding tert-OH is 1. The Morgan fingerprint density at radius 1 is 0.788 bits per heavy atom. The summed E-state index contributed by atoms with van der Waals surface area (Å²) in [6, 6.07) is 0. The van der Waals surface area contributed by atoms with Gasteiger partial charge in [-0.3, -0.25) is 8.74 Å². The van der Waals surface area contributed by atoms with E-state index in [1.807, 2.05) is 0 Å². The maximum absolute atomic E-state index is 10.2. The Labute approximate surface area is 204 Å². The first-order chi connectivity index (χ1) is 15.4. The highest BCUT2D eigenvalue weighted by Gasteiger charge is 2.02. The van der Waals surface area contributed by atoms with Gasteiger partial charge in [0.2, 0.25) is 0 Å². The molecule has 0 aliphatic carbocycles. The molecular weight excluding hydrogens is 446 g/mol. The molecule has 8 nitrogen and oxygen atoms in total. The Bertz CT molecular complexity index is 505. The van der Waals surface area contributed by atoms with Gasteiger partial charge in [0.1, 0.15) is 6.54 Å². The minimum Gasteiger partial charge on any atom is -0.550 e. The van der Waals surface area contributed by atoms with Crippen LogP contribution in [0.2, 0.25) is 0 Å². The van der Waals surface area contributed by atoms with E-state index in [1.165, 1.54) is 83.5 Å². The Kier molecular flexibility index (Phi) is 28.9. The van der Waals surface area contributed by atoms with Crippen LogP contribution in [-0.2, 0) is 19.4 Å². The molecule has 0 aromatic carbocycles. The van der Waals surface area contributed by atoms with Crippen LogP contribution in [0.4, 0.5) is 0 Å². The van der Waals surface area contributed by atoms with Crippen molar-refractivity contribution in [1.82, 2.24) is 0 Å². The molecule has 0 aliphatic rings.